The zero-order valence-electron chi connectivity index (χ0n) is 14.5. The molecule has 0 aliphatic rings. The van der Waals surface area contributed by atoms with Crippen LogP contribution in [0.2, 0.25) is 0 Å². The molecule has 0 radical (unpaired) electrons. The molecule has 2 rings (SSSR count). The number of nitrogens with zero attached hydrogens (tertiary/aromatic N) is 2. The highest BCUT2D eigenvalue weighted by molar-refractivity contribution is 7.09. The summed E-state index contributed by atoms with van der Waals surface area (Å²) in [4.78, 5) is 26.4. The zero-order chi connectivity index (χ0) is 18.1. The van der Waals surface area contributed by atoms with Crippen LogP contribution in [0, 0.1) is 11.8 Å². The molecule has 0 spiro atoms. The average Bonchev–Trinajstić information content (AvgIpc) is 3.13. The van der Waals surface area contributed by atoms with Gasteiger partial charge in [-0.05, 0) is 49.3 Å². The molecule has 1 amide bonds. The molecular formula is C18H23N3O3S. The average molecular weight is 361 g/mol. The van der Waals surface area contributed by atoms with Crippen molar-refractivity contribution < 1.29 is 9.53 Å². The van der Waals surface area contributed by atoms with Crippen LogP contribution in [0.1, 0.15) is 16.9 Å². The van der Waals surface area contributed by atoms with Gasteiger partial charge < -0.3 is 15.0 Å². The SMILES string of the molecule is CNCCC(N=O)N(Cc1cccs1)C(=O)COc1ccc(C)cc1. The van der Waals surface area contributed by atoms with Gasteiger partial charge in [-0.3, -0.25) is 4.79 Å². The quantitative estimate of drug-likeness (QED) is 0.660. The van der Waals surface area contributed by atoms with E-state index in [1.54, 1.807) is 18.4 Å². The highest BCUT2D eigenvalue weighted by Gasteiger charge is 2.25. The van der Waals surface area contributed by atoms with Crippen LogP contribution in [-0.2, 0) is 11.3 Å². The molecule has 0 saturated heterocycles. The minimum Gasteiger partial charge on any atom is -0.484 e. The highest BCUT2D eigenvalue weighted by Crippen LogP contribution is 2.17. The van der Waals surface area contributed by atoms with E-state index in [4.69, 9.17) is 4.74 Å². The van der Waals surface area contributed by atoms with E-state index >= 15 is 0 Å². The number of hydrogen-bond donors (Lipinski definition) is 1. The molecule has 0 bridgehead atoms. The third kappa shape index (κ3) is 5.95. The number of carbonyl (C=O) groups excluding carboxylic acids is 1. The molecular weight excluding hydrogens is 338 g/mol. The van der Waals surface area contributed by atoms with Gasteiger partial charge in [-0.15, -0.1) is 16.2 Å². The summed E-state index contributed by atoms with van der Waals surface area (Å²) in [5.74, 6) is 0.371. The first kappa shape index (κ1) is 19.1. The number of carbonyl (C=O) groups is 1. The predicted molar refractivity (Wildman–Crippen MR) is 99.7 cm³/mol. The Bertz CT molecular complexity index is 659. The lowest BCUT2D eigenvalue weighted by Crippen LogP contribution is -2.42. The van der Waals surface area contributed by atoms with Crippen LogP contribution >= 0.6 is 11.3 Å². The van der Waals surface area contributed by atoms with E-state index in [0.29, 0.717) is 25.3 Å². The molecule has 134 valence electrons. The maximum Gasteiger partial charge on any atom is 0.262 e. The molecule has 1 heterocycles. The maximum absolute atomic E-state index is 12.7. The summed E-state index contributed by atoms with van der Waals surface area (Å²) in [7, 11) is 1.80. The third-order valence-corrected chi connectivity index (χ3v) is 4.61. The van der Waals surface area contributed by atoms with Gasteiger partial charge in [0.05, 0.1) is 6.54 Å². The minimum absolute atomic E-state index is 0.125. The summed E-state index contributed by atoms with van der Waals surface area (Å²) in [6.45, 7) is 2.82. The Morgan fingerprint density at radius 1 is 1.32 bits per heavy atom. The minimum atomic E-state index is -0.719. The van der Waals surface area contributed by atoms with Gasteiger partial charge in [-0.2, -0.15) is 0 Å². The van der Waals surface area contributed by atoms with Crippen molar-refractivity contribution in [3.05, 3.63) is 57.1 Å². The van der Waals surface area contributed by atoms with Crippen molar-refractivity contribution in [3.8, 4) is 5.75 Å². The molecule has 7 heteroatoms. The predicted octanol–water partition coefficient (Wildman–Crippen LogP) is 3.17. The monoisotopic (exact) mass is 361 g/mol. The van der Waals surface area contributed by atoms with Gasteiger partial charge in [0.1, 0.15) is 5.75 Å². The topological polar surface area (TPSA) is 71.0 Å². The van der Waals surface area contributed by atoms with Crippen molar-refractivity contribution in [2.24, 2.45) is 5.18 Å². The van der Waals surface area contributed by atoms with Gasteiger partial charge >= 0.3 is 0 Å². The summed E-state index contributed by atoms with van der Waals surface area (Å²) < 4.78 is 5.57. The first-order chi connectivity index (χ1) is 12.1. The molecule has 0 aliphatic heterocycles. The van der Waals surface area contributed by atoms with Crippen molar-refractivity contribution >= 4 is 17.2 Å². The molecule has 1 aromatic heterocycles. The summed E-state index contributed by atoms with van der Waals surface area (Å²) >= 11 is 1.54. The number of amides is 1. The van der Waals surface area contributed by atoms with E-state index in [1.807, 2.05) is 48.7 Å². The Morgan fingerprint density at radius 3 is 2.68 bits per heavy atom. The van der Waals surface area contributed by atoms with Gasteiger partial charge in [0.15, 0.2) is 12.8 Å². The van der Waals surface area contributed by atoms with Crippen molar-refractivity contribution in [3.63, 3.8) is 0 Å². The Morgan fingerprint density at radius 2 is 2.08 bits per heavy atom. The van der Waals surface area contributed by atoms with Gasteiger partial charge in [0.2, 0.25) is 0 Å². The molecule has 6 nitrogen and oxygen atoms in total. The number of rotatable bonds is 10. The standard InChI is InChI=1S/C18H23N3O3S/c1-14-5-7-15(8-6-14)24-13-18(22)21(12-16-4-3-11-25-16)17(20-23)9-10-19-2/h3-8,11,17,19H,9-10,12-13H2,1-2H3. The molecule has 1 N–H and O–H groups in total. The maximum atomic E-state index is 12.7. The van der Waals surface area contributed by atoms with E-state index in [-0.39, 0.29) is 12.5 Å². The number of thiophene rings is 1. The van der Waals surface area contributed by atoms with Crippen LogP contribution < -0.4 is 10.1 Å². The van der Waals surface area contributed by atoms with Gasteiger partial charge in [-0.1, -0.05) is 23.8 Å². The first-order valence-electron chi connectivity index (χ1n) is 8.12. The summed E-state index contributed by atoms with van der Waals surface area (Å²) in [6, 6.07) is 11.3. The lowest BCUT2D eigenvalue weighted by molar-refractivity contribution is -0.136. The molecule has 0 fully saturated rings. The third-order valence-electron chi connectivity index (χ3n) is 3.74. The normalized spacial score (nSPS) is 11.8. The van der Waals surface area contributed by atoms with E-state index in [2.05, 4.69) is 10.5 Å². The van der Waals surface area contributed by atoms with Crippen LogP contribution in [0.25, 0.3) is 0 Å². The fraction of sp³-hybridized carbons (Fsp3) is 0.389. The largest absolute Gasteiger partial charge is 0.484 e. The van der Waals surface area contributed by atoms with E-state index in [9.17, 15) is 9.70 Å². The van der Waals surface area contributed by atoms with Gasteiger partial charge in [0.25, 0.3) is 5.91 Å². The van der Waals surface area contributed by atoms with Gasteiger partial charge in [-0.25, -0.2) is 0 Å². The second-order valence-electron chi connectivity index (χ2n) is 5.68. The molecule has 0 saturated carbocycles. The van der Waals surface area contributed by atoms with E-state index in [0.717, 1.165) is 10.4 Å². The molecule has 1 atom stereocenters. The summed E-state index contributed by atoms with van der Waals surface area (Å²) in [5, 5.41) is 8.08. The number of nitrogens with one attached hydrogen (secondary N) is 1. The van der Waals surface area contributed by atoms with Crippen LogP contribution in [0.4, 0.5) is 0 Å². The smallest absolute Gasteiger partial charge is 0.262 e. The second-order valence-corrected chi connectivity index (χ2v) is 6.71. The lowest BCUT2D eigenvalue weighted by Gasteiger charge is -2.26. The molecule has 1 aromatic carbocycles. The van der Waals surface area contributed by atoms with Crippen molar-refractivity contribution in [2.45, 2.75) is 26.1 Å². The van der Waals surface area contributed by atoms with Gasteiger partial charge in [0, 0.05) is 11.3 Å². The number of aryl methyl sites for hydroxylation is 1. The molecule has 0 aliphatic carbocycles. The van der Waals surface area contributed by atoms with Crippen LogP contribution in [0.15, 0.2) is 47.0 Å². The fourth-order valence-electron chi connectivity index (χ4n) is 2.33. The Balaban J connectivity index is 2.04. The molecule has 1 unspecified atom stereocenters. The van der Waals surface area contributed by atoms with Crippen molar-refractivity contribution in [1.29, 1.82) is 0 Å². The van der Waals surface area contributed by atoms with E-state index < -0.39 is 6.17 Å². The number of hydrogen-bond acceptors (Lipinski definition) is 6. The first-order valence-corrected chi connectivity index (χ1v) is 9.00. The fourth-order valence-corrected chi connectivity index (χ4v) is 3.03. The summed E-state index contributed by atoms with van der Waals surface area (Å²) in [6.07, 6.45) is -0.259. The molecule has 25 heavy (non-hydrogen) atoms. The summed E-state index contributed by atoms with van der Waals surface area (Å²) in [5.41, 5.74) is 1.12. The highest BCUT2D eigenvalue weighted by atomic mass is 32.1. The lowest BCUT2D eigenvalue weighted by atomic mass is 10.2. The number of nitroso groups, excluding NO2 is 1. The second kappa shape index (κ2) is 9.90. The van der Waals surface area contributed by atoms with E-state index in [1.165, 1.54) is 4.90 Å². The Labute approximate surface area is 151 Å². The zero-order valence-corrected chi connectivity index (χ0v) is 15.3. The van der Waals surface area contributed by atoms with Crippen LogP contribution in [0.5, 0.6) is 5.75 Å². The molecule has 2 aromatic rings. The van der Waals surface area contributed by atoms with Crippen molar-refractivity contribution in [2.75, 3.05) is 20.2 Å². The van der Waals surface area contributed by atoms with Crippen molar-refractivity contribution in [1.82, 2.24) is 10.2 Å². The van der Waals surface area contributed by atoms with Crippen LogP contribution in [-0.4, -0.2) is 37.2 Å². The Hall–Kier alpha value is -2.25. The Kier molecular flexibility index (Phi) is 7.56. The number of benzene rings is 1. The number of ether oxygens (including phenoxy) is 1. The van der Waals surface area contributed by atoms with Crippen LogP contribution in [0.3, 0.4) is 0 Å².